The van der Waals surface area contributed by atoms with Crippen molar-refractivity contribution < 1.29 is 38.2 Å². The van der Waals surface area contributed by atoms with Gasteiger partial charge < -0.3 is 9.47 Å². The average Bonchev–Trinajstić information content (AvgIpc) is 3.19. The third-order valence-corrected chi connectivity index (χ3v) is 5.46. The molecule has 0 unspecified atom stereocenters. The predicted octanol–water partition coefficient (Wildman–Crippen LogP) is 1.67. The summed E-state index contributed by atoms with van der Waals surface area (Å²) in [5.74, 6) is -3.81. The summed E-state index contributed by atoms with van der Waals surface area (Å²) in [7, 11) is 0. The highest BCUT2D eigenvalue weighted by atomic mass is 16.5. The molecule has 10 nitrogen and oxygen atoms in total. The molecule has 0 saturated carbocycles. The second-order valence-electron chi connectivity index (χ2n) is 7.52. The first kappa shape index (κ1) is 22.8. The number of fused-ring (bicyclic) bond motifs is 2. The molecule has 4 rings (SSSR count). The van der Waals surface area contributed by atoms with Gasteiger partial charge in [-0.1, -0.05) is 12.1 Å². The Kier molecular flexibility index (Phi) is 5.97. The lowest BCUT2D eigenvalue weighted by Gasteiger charge is -2.12. The minimum Gasteiger partial charge on any atom is -0.465 e. The number of ether oxygens (including phenoxy) is 2. The molecular weight excluding hydrogens is 444 g/mol. The van der Waals surface area contributed by atoms with Gasteiger partial charge in [-0.15, -0.1) is 0 Å². The van der Waals surface area contributed by atoms with E-state index in [1.165, 1.54) is 24.3 Å². The fourth-order valence-electron chi connectivity index (χ4n) is 3.90. The SMILES string of the molecule is CCOC(=O)CN1C(=O)c2ccc(-c3ccc4c(c3)C(=O)N(CC(=O)OCC)C4=O)cc2C1=O. The molecule has 0 aromatic heterocycles. The van der Waals surface area contributed by atoms with Crippen molar-refractivity contribution in [2.75, 3.05) is 26.3 Å². The number of esters is 2. The molecule has 10 heteroatoms. The summed E-state index contributed by atoms with van der Waals surface area (Å²) in [5, 5.41) is 0. The number of nitrogens with zero attached hydrogens (tertiary/aromatic N) is 2. The first-order valence-electron chi connectivity index (χ1n) is 10.6. The van der Waals surface area contributed by atoms with Crippen molar-refractivity contribution in [3.05, 3.63) is 58.7 Å². The molecule has 2 aliphatic rings. The number of hydrogen-bond donors (Lipinski definition) is 0. The van der Waals surface area contributed by atoms with Crippen molar-refractivity contribution in [2.45, 2.75) is 13.8 Å². The monoisotopic (exact) mass is 464 g/mol. The van der Waals surface area contributed by atoms with Crippen LogP contribution in [-0.2, 0) is 19.1 Å². The van der Waals surface area contributed by atoms with E-state index in [0.717, 1.165) is 9.80 Å². The van der Waals surface area contributed by atoms with Crippen LogP contribution >= 0.6 is 0 Å². The Morgan fingerprint density at radius 2 is 0.971 bits per heavy atom. The zero-order valence-corrected chi connectivity index (χ0v) is 18.5. The van der Waals surface area contributed by atoms with Crippen molar-refractivity contribution >= 4 is 35.6 Å². The normalized spacial score (nSPS) is 14.4. The van der Waals surface area contributed by atoms with Gasteiger partial charge in [0.05, 0.1) is 35.5 Å². The van der Waals surface area contributed by atoms with Gasteiger partial charge in [0.15, 0.2) is 0 Å². The highest BCUT2D eigenvalue weighted by molar-refractivity contribution is 6.24. The standard InChI is InChI=1S/C24H20N2O8/c1-3-33-19(27)11-25-21(29)15-7-5-13(9-17(15)23(25)31)14-6-8-16-18(10-14)24(32)26(22(16)30)12-20(28)34-4-2/h5-10H,3-4,11-12H2,1-2H3. The maximum Gasteiger partial charge on any atom is 0.326 e. The lowest BCUT2D eigenvalue weighted by molar-refractivity contribution is -0.144. The van der Waals surface area contributed by atoms with Gasteiger partial charge in [0, 0.05) is 0 Å². The smallest absolute Gasteiger partial charge is 0.326 e. The van der Waals surface area contributed by atoms with Gasteiger partial charge in [-0.25, -0.2) is 0 Å². The molecule has 0 aliphatic carbocycles. The Labute approximate surface area is 194 Å². The first-order valence-corrected chi connectivity index (χ1v) is 10.6. The van der Waals surface area contributed by atoms with Crippen LogP contribution in [0.1, 0.15) is 55.3 Å². The van der Waals surface area contributed by atoms with Crippen LogP contribution in [0.15, 0.2) is 36.4 Å². The van der Waals surface area contributed by atoms with Gasteiger partial charge in [-0.3, -0.25) is 38.6 Å². The van der Waals surface area contributed by atoms with E-state index < -0.39 is 48.7 Å². The van der Waals surface area contributed by atoms with Crippen LogP contribution in [0.5, 0.6) is 0 Å². The van der Waals surface area contributed by atoms with Crippen LogP contribution in [0.2, 0.25) is 0 Å². The summed E-state index contributed by atoms with van der Waals surface area (Å²) in [6, 6.07) is 9.17. The molecule has 0 saturated heterocycles. The zero-order chi connectivity index (χ0) is 24.6. The van der Waals surface area contributed by atoms with Crippen LogP contribution in [-0.4, -0.2) is 71.7 Å². The van der Waals surface area contributed by atoms with E-state index in [1.807, 2.05) is 0 Å². The van der Waals surface area contributed by atoms with Crippen molar-refractivity contribution in [1.29, 1.82) is 0 Å². The second kappa shape index (κ2) is 8.89. The summed E-state index contributed by atoms with van der Waals surface area (Å²) in [6.07, 6.45) is 0. The molecular formula is C24H20N2O8. The van der Waals surface area contributed by atoms with Gasteiger partial charge in [0.25, 0.3) is 23.6 Å². The van der Waals surface area contributed by atoms with Gasteiger partial charge in [0.2, 0.25) is 0 Å². The van der Waals surface area contributed by atoms with E-state index in [1.54, 1.807) is 26.0 Å². The van der Waals surface area contributed by atoms with E-state index in [9.17, 15) is 28.8 Å². The van der Waals surface area contributed by atoms with E-state index >= 15 is 0 Å². The van der Waals surface area contributed by atoms with E-state index in [4.69, 9.17) is 9.47 Å². The average molecular weight is 464 g/mol. The van der Waals surface area contributed by atoms with E-state index in [0.29, 0.717) is 11.1 Å². The van der Waals surface area contributed by atoms with Gasteiger partial charge >= 0.3 is 11.9 Å². The Bertz CT molecular complexity index is 1170. The van der Waals surface area contributed by atoms with Gasteiger partial charge in [-0.05, 0) is 49.2 Å². The number of carbonyl (C=O) groups excluding carboxylic acids is 6. The zero-order valence-electron chi connectivity index (χ0n) is 18.5. The number of carbonyl (C=O) groups is 6. The van der Waals surface area contributed by atoms with Crippen molar-refractivity contribution in [3.63, 3.8) is 0 Å². The quantitative estimate of drug-likeness (QED) is 0.447. The Hall–Kier alpha value is -4.34. The van der Waals surface area contributed by atoms with Crippen molar-refractivity contribution in [1.82, 2.24) is 9.80 Å². The number of hydrogen-bond acceptors (Lipinski definition) is 8. The van der Waals surface area contributed by atoms with Gasteiger partial charge in [-0.2, -0.15) is 0 Å². The fraction of sp³-hybridized carbons (Fsp3) is 0.250. The van der Waals surface area contributed by atoms with E-state index in [2.05, 4.69) is 0 Å². The third-order valence-electron chi connectivity index (χ3n) is 5.46. The largest absolute Gasteiger partial charge is 0.465 e. The third kappa shape index (κ3) is 3.83. The molecule has 0 radical (unpaired) electrons. The number of benzene rings is 2. The molecule has 2 heterocycles. The predicted molar refractivity (Wildman–Crippen MR) is 116 cm³/mol. The minimum absolute atomic E-state index is 0.124. The highest BCUT2D eigenvalue weighted by Gasteiger charge is 2.39. The summed E-state index contributed by atoms with van der Waals surface area (Å²) in [4.78, 5) is 75.8. The molecule has 2 aromatic rings. The van der Waals surface area contributed by atoms with Crippen LogP contribution in [0.25, 0.3) is 11.1 Å². The van der Waals surface area contributed by atoms with Crippen LogP contribution in [0.3, 0.4) is 0 Å². The molecule has 0 N–H and O–H groups in total. The second-order valence-corrected chi connectivity index (χ2v) is 7.52. The van der Waals surface area contributed by atoms with Crippen LogP contribution in [0.4, 0.5) is 0 Å². The Morgan fingerprint density at radius 3 is 1.32 bits per heavy atom. The molecule has 0 spiro atoms. The number of imide groups is 2. The summed E-state index contributed by atoms with van der Waals surface area (Å²) in [6.45, 7) is 2.53. The lowest BCUT2D eigenvalue weighted by Crippen LogP contribution is -2.35. The van der Waals surface area contributed by atoms with Crippen LogP contribution in [0, 0.1) is 0 Å². The lowest BCUT2D eigenvalue weighted by atomic mass is 9.97. The molecule has 0 bridgehead atoms. The van der Waals surface area contributed by atoms with Crippen LogP contribution < -0.4 is 0 Å². The molecule has 34 heavy (non-hydrogen) atoms. The Balaban J connectivity index is 1.61. The van der Waals surface area contributed by atoms with E-state index in [-0.39, 0.29) is 35.5 Å². The van der Waals surface area contributed by atoms with Crippen molar-refractivity contribution in [2.24, 2.45) is 0 Å². The molecule has 4 amide bonds. The fourth-order valence-corrected chi connectivity index (χ4v) is 3.90. The highest BCUT2D eigenvalue weighted by Crippen LogP contribution is 2.32. The molecule has 0 fully saturated rings. The molecule has 2 aromatic carbocycles. The Morgan fingerprint density at radius 1 is 0.618 bits per heavy atom. The summed E-state index contributed by atoms with van der Waals surface area (Å²) < 4.78 is 9.64. The van der Waals surface area contributed by atoms with Gasteiger partial charge in [0.1, 0.15) is 13.1 Å². The molecule has 174 valence electrons. The molecule has 0 atom stereocenters. The first-order chi connectivity index (χ1) is 16.3. The van der Waals surface area contributed by atoms with Crippen molar-refractivity contribution in [3.8, 4) is 11.1 Å². The summed E-state index contributed by atoms with van der Waals surface area (Å²) in [5.41, 5.74) is 1.63. The maximum atomic E-state index is 12.8. The maximum absolute atomic E-state index is 12.8. The summed E-state index contributed by atoms with van der Waals surface area (Å²) >= 11 is 0. The molecule has 2 aliphatic heterocycles. The number of amides is 4. The topological polar surface area (TPSA) is 127 Å². The number of rotatable bonds is 7. The minimum atomic E-state index is -0.689.